The molecule has 2 rings (SSSR count). The lowest BCUT2D eigenvalue weighted by Gasteiger charge is -2.37. The summed E-state index contributed by atoms with van der Waals surface area (Å²) >= 11 is 0. The summed E-state index contributed by atoms with van der Waals surface area (Å²) in [5.41, 5.74) is 0. The van der Waals surface area contributed by atoms with E-state index in [2.05, 4.69) is 16.7 Å². The molecule has 15 heavy (non-hydrogen) atoms. The number of hydrogen-bond acceptors (Lipinski definition) is 3. The monoisotopic (exact) mass is 212 g/mol. The zero-order valence-electron chi connectivity index (χ0n) is 9.95. The molecule has 2 fully saturated rings. The van der Waals surface area contributed by atoms with Gasteiger partial charge in [-0.1, -0.05) is 0 Å². The number of ether oxygens (including phenoxy) is 1. The van der Waals surface area contributed by atoms with Gasteiger partial charge in [0.05, 0.1) is 0 Å². The summed E-state index contributed by atoms with van der Waals surface area (Å²) in [5.74, 6) is 0. The number of fused-ring (bicyclic) bond motifs is 1. The maximum atomic E-state index is 5.37. The van der Waals surface area contributed by atoms with Gasteiger partial charge in [0, 0.05) is 45.4 Å². The van der Waals surface area contributed by atoms with Crippen LogP contribution in [0.1, 0.15) is 26.2 Å². The molecule has 0 radical (unpaired) electrons. The van der Waals surface area contributed by atoms with Gasteiger partial charge in [-0.25, -0.2) is 0 Å². The SMILES string of the molecule is CCOCCCN1CCN2CCCC2C1. The van der Waals surface area contributed by atoms with E-state index in [1.807, 2.05) is 0 Å². The van der Waals surface area contributed by atoms with E-state index < -0.39 is 0 Å². The van der Waals surface area contributed by atoms with Crippen molar-refractivity contribution < 1.29 is 4.74 Å². The molecule has 2 aliphatic heterocycles. The molecule has 0 amide bonds. The third-order valence-electron chi connectivity index (χ3n) is 3.64. The molecule has 0 aliphatic carbocycles. The van der Waals surface area contributed by atoms with Crippen molar-refractivity contribution in [2.24, 2.45) is 0 Å². The summed E-state index contributed by atoms with van der Waals surface area (Å²) in [6.45, 7) is 10.3. The van der Waals surface area contributed by atoms with Crippen LogP contribution in [0, 0.1) is 0 Å². The second kappa shape index (κ2) is 5.83. The van der Waals surface area contributed by atoms with Gasteiger partial charge >= 0.3 is 0 Å². The molecule has 0 aromatic rings. The number of hydrogen-bond donors (Lipinski definition) is 0. The molecule has 2 aliphatic rings. The van der Waals surface area contributed by atoms with Gasteiger partial charge < -0.3 is 9.64 Å². The fraction of sp³-hybridized carbons (Fsp3) is 1.00. The van der Waals surface area contributed by atoms with Crippen LogP contribution in [0.2, 0.25) is 0 Å². The van der Waals surface area contributed by atoms with Gasteiger partial charge in [0.15, 0.2) is 0 Å². The summed E-state index contributed by atoms with van der Waals surface area (Å²) in [6, 6.07) is 0.867. The number of nitrogens with zero attached hydrogens (tertiary/aromatic N) is 2. The van der Waals surface area contributed by atoms with Crippen molar-refractivity contribution in [2.75, 3.05) is 45.9 Å². The number of rotatable bonds is 5. The van der Waals surface area contributed by atoms with Crippen LogP contribution in [0.4, 0.5) is 0 Å². The molecule has 3 heteroatoms. The quantitative estimate of drug-likeness (QED) is 0.637. The minimum absolute atomic E-state index is 0.858. The van der Waals surface area contributed by atoms with E-state index in [-0.39, 0.29) is 0 Å². The average molecular weight is 212 g/mol. The predicted octanol–water partition coefficient (Wildman–Crippen LogP) is 1.19. The third kappa shape index (κ3) is 3.16. The lowest BCUT2D eigenvalue weighted by Crippen LogP contribution is -2.50. The Kier molecular flexibility index (Phi) is 4.42. The Hall–Kier alpha value is -0.120. The summed E-state index contributed by atoms with van der Waals surface area (Å²) in [6.07, 6.45) is 4.03. The Morgan fingerprint density at radius 3 is 3.07 bits per heavy atom. The zero-order chi connectivity index (χ0) is 10.5. The first-order valence-electron chi connectivity index (χ1n) is 6.44. The molecule has 0 saturated carbocycles. The van der Waals surface area contributed by atoms with Crippen LogP contribution in [-0.4, -0.2) is 61.8 Å². The maximum Gasteiger partial charge on any atom is 0.0478 e. The minimum atomic E-state index is 0.858. The van der Waals surface area contributed by atoms with Crippen LogP contribution in [0.25, 0.3) is 0 Å². The molecule has 2 saturated heterocycles. The fourth-order valence-corrected chi connectivity index (χ4v) is 2.79. The van der Waals surface area contributed by atoms with Gasteiger partial charge in [0.2, 0.25) is 0 Å². The summed E-state index contributed by atoms with van der Waals surface area (Å²) in [5, 5.41) is 0. The molecule has 0 bridgehead atoms. The van der Waals surface area contributed by atoms with E-state index >= 15 is 0 Å². The van der Waals surface area contributed by atoms with Crippen molar-refractivity contribution in [1.82, 2.24) is 9.80 Å². The second-order valence-corrected chi connectivity index (χ2v) is 4.68. The Morgan fingerprint density at radius 2 is 2.20 bits per heavy atom. The van der Waals surface area contributed by atoms with E-state index in [1.54, 1.807) is 0 Å². The molecule has 0 spiro atoms. The third-order valence-corrected chi connectivity index (χ3v) is 3.64. The van der Waals surface area contributed by atoms with Gasteiger partial charge in [-0.15, -0.1) is 0 Å². The van der Waals surface area contributed by atoms with E-state index in [1.165, 1.54) is 52.0 Å². The second-order valence-electron chi connectivity index (χ2n) is 4.68. The van der Waals surface area contributed by atoms with Crippen molar-refractivity contribution >= 4 is 0 Å². The number of piperazine rings is 1. The molecule has 0 aromatic carbocycles. The molecule has 1 atom stereocenters. The first-order chi connectivity index (χ1) is 7.40. The van der Waals surface area contributed by atoms with Crippen molar-refractivity contribution in [2.45, 2.75) is 32.2 Å². The highest BCUT2D eigenvalue weighted by atomic mass is 16.5. The minimum Gasteiger partial charge on any atom is -0.382 e. The lowest BCUT2D eigenvalue weighted by atomic mass is 10.1. The van der Waals surface area contributed by atoms with E-state index in [0.717, 1.165) is 19.3 Å². The first kappa shape index (κ1) is 11.4. The zero-order valence-corrected chi connectivity index (χ0v) is 9.95. The molecular formula is C12H24N2O. The van der Waals surface area contributed by atoms with Crippen LogP contribution in [0.3, 0.4) is 0 Å². The van der Waals surface area contributed by atoms with Gasteiger partial charge in [-0.3, -0.25) is 4.90 Å². The summed E-state index contributed by atoms with van der Waals surface area (Å²) in [4.78, 5) is 5.28. The average Bonchev–Trinajstić information content (AvgIpc) is 2.71. The Balaban J connectivity index is 1.62. The Bertz CT molecular complexity index is 186. The van der Waals surface area contributed by atoms with Gasteiger partial charge in [-0.05, 0) is 32.7 Å². The summed E-state index contributed by atoms with van der Waals surface area (Å²) in [7, 11) is 0. The molecule has 88 valence electrons. The lowest BCUT2D eigenvalue weighted by molar-refractivity contribution is 0.0869. The molecular weight excluding hydrogens is 188 g/mol. The predicted molar refractivity (Wildman–Crippen MR) is 62.1 cm³/mol. The van der Waals surface area contributed by atoms with Gasteiger partial charge in [-0.2, -0.15) is 0 Å². The van der Waals surface area contributed by atoms with Crippen molar-refractivity contribution in [3.8, 4) is 0 Å². The van der Waals surface area contributed by atoms with Crippen LogP contribution in [0.5, 0.6) is 0 Å². The molecule has 3 nitrogen and oxygen atoms in total. The highest BCUT2D eigenvalue weighted by molar-refractivity contribution is 4.86. The maximum absolute atomic E-state index is 5.37. The molecule has 0 N–H and O–H groups in total. The fourth-order valence-electron chi connectivity index (χ4n) is 2.79. The van der Waals surface area contributed by atoms with Crippen LogP contribution in [0.15, 0.2) is 0 Å². The van der Waals surface area contributed by atoms with E-state index in [4.69, 9.17) is 4.74 Å². The highest BCUT2D eigenvalue weighted by Crippen LogP contribution is 2.21. The Morgan fingerprint density at radius 1 is 1.27 bits per heavy atom. The van der Waals surface area contributed by atoms with Crippen molar-refractivity contribution in [3.05, 3.63) is 0 Å². The smallest absolute Gasteiger partial charge is 0.0478 e. The van der Waals surface area contributed by atoms with Gasteiger partial charge in [0.25, 0.3) is 0 Å². The van der Waals surface area contributed by atoms with Crippen LogP contribution < -0.4 is 0 Å². The van der Waals surface area contributed by atoms with Crippen LogP contribution in [-0.2, 0) is 4.74 Å². The van der Waals surface area contributed by atoms with Crippen molar-refractivity contribution in [1.29, 1.82) is 0 Å². The first-order valence-corrected chi connectivity index (χ1v) is 6.44. The van der Waals surface area contributed by atoms with Crippen LogP contribution >= 0.6 is 0 Å². The highest BCUT2D eigenvalue weighted by Gasteiger charge is 2.29. The summed E-state index contributed by atoms with van der Waals surface area (Å²) < 4.78 is 5.37. The standard InChI is InChI=1S/C12H24N2O/c1-2-15-10-4-6-13-8-9-14-7-3-5-12(14)11-13/h12H,2-11H2,1H3. The molecule has 0 aromatic heterocycles. The Labute approximate surface area is 93.4 Å². The molecule has 2 heterocycles. The van der Waals surface area contributed by atoms with Crippen molar-refractivity contribution in [3.63, 3.8) is 0 Å². The van der Waals surface area contributed by atoms with E-state index in [9.17, 15) is 0 Å². The topological polar surface area (TPSA) is 15.7 Å². The largest absolute Gasteiger partial charge is 0.382 e. The van der Waals surface area contributed by atoms with Gasteiger partial charge in [0.1, 0.15) is 0 Å². The normalized spacial score (nSPS) is 28.2. The molecule has 1 unspecified atom stereocenters. The van der Waals surface area contributed by atoms with E-state index in [0.29, 0.717) is 0 Å².